The van der Waals surface area contributed by atoms with Crippen molar-refractivity contribution in [3.8, 4) is 0 Å². The van der Waals surface area contributed by atoms with Crippen molar-refractivity contribution in [1.29, 1.82) is 0 Å². The SMILES string of the molecule is C=C(C)[C@@H](NS(=O)(=O)c1ccc(CN)cc1)C(=O)OC(C)(C)C. The summed E-state index contributed by atoms with van der Waals surface area (Å²) in [7, 11) is -3.88. The Bertz CT molecular complexity index is 673. The molecule has 3 N–H and O–H groups in total. The van der Waals surface area contributed by atoms with Gasteiger partial charge in [0.25, 0.3) is 0 Å². The molecule has 0 saturated heterocycles. The lowest BCUT2D eigenvalue weighted by molar-refractivity contribution is -0.155. The molecule has 0 aliphatic carbocycles. The monoisotopic (exact) mass is 340 g/mol. The van der Waals surface area contributed by atoms with E-state index in [9.17, 15) is 13.2 Å². The zero-order valence-electron chi connectivity index (χ0n) is 13.9. The largest absolute Gasteiger partial charge is 0.459 e. The average molecular weight is 340 g/mol. The summed E-state index contributed by atoms with van der Waals surface area (Å²) in [6.45, 7) is 10.7. The molecule has 0 spiro atoms. The molecule has 0 aromatic heterocycles. The summed E-state index contributed by atoms with van der Waals surface area (Å²) < 4.78 is 32.4. The lowest BCUT2D eigenvalue weighted by Gasteiger charge is -2.24. The second-order valence-electron chi connectivity index (χ2n) is 6.28. The van der Waals surface area contributed by atoms with Crippen molar-refractivity contribution < 1.29 is 17.9 Å². The van der Waals surface area contributed by atoms with Gasteiger partial charge in [-0.1, -0.05) is 24.3 Å². The van der Waals surface area contributed by atoms with E-state index >= 15 is 0 Å². The van der Waals surface area contributed by atoms with E-state index < -0.39 is 27.6 Å². The molecule has 0 aliphatic rings. The van der Waals surface area contributed by atoms with Crippen LogP contribution in [0.5, 0.6) is 0 Å². The number of hydrogen-bond donors (Lipinski definition) is 2. The Hall–Kier alpha value is -1.70. The molecule has 0 fully saturated rings. The van der Waals surface area contributed by atoms with Gasteiger partial charge in [-0.3, -0.25) is 0 Å². The number of nitrogens with one attached hydrogen (secondary N) is 1. The lowest BCUT2D eigenvalue weighted by atomic mass is 10.1. The van der Waals surface area contributed by atoms with Crippen LogP contribution in [0.4, 0.5) is 0 Å². The summed E-state index contributed by atoms with van der Waals surface area (Å²) in [6, 6.07) is 4.98. The molecule has 0 unspecified atom stereocenters. The Kier molecular flexibility index (Phi) is 6.10. The van der Waals surface area contributed by atoms with Crippen molar-refractivity contribution in [3.05, 3.63) is 42.0 Å². The fourth-order valence-electron chi connectivity index (χ4n) is 1.74. The third-order valence-corrected chi connectivity index (χ3v) is 4.32. The first kappa shape index (κ1) is 19.3. The molecule has 128 valence electrons. The van der Waals surface area contributed by atoms with Crippen LogP contribution in [0.1, 0.15) is 33.3 Å². The molecule has 0 aliphatic heterocycles. The first-order valence-electron chi connectivity index (χ1n) is 7.16. The maximum Gasteiger partial charge on any atom is 0.328 e. The van der Waals surface area contributed by atoms with Crippen molar-refractivity contribution in [1.82, 2.24) is 4.72 Å². The molecule has 6 nitrogen and oxygen atoms in total. The van der Waals surface area contributed by atoms with E-state index in [1.54, 1.807) is 39.8 Å². The first-order valence-corrected chi connectivity index (χ1v) is 8.64. The average Bonchev–Trinajstić information content (AvgIpc) is 2.42. The van der Waals surface area contributed by atoms with E-state index in [4.69, 9.17) is 10.5 Å². The Balaban J connectivity index is 3.02. The number of nitrogens with two attached hydrogens (primary N) is 1. The fraction of sp³-hybridized carbons (Fsp3) is 0.438. The van der Waals surface area contributed by atoms with Gasteiger partial charge < -0.3 is 10.5 Å². The van der Waals surface area contributed by atoms with Gasteiger partial charge in [-0.05, 0) is 45.4 Å². The van der Waals surface area contributed by atoms with E-state index in [1.165, 1.54) is 12.1 Å². The normalized spacial score (nSPS) is 13.4. The van der Waals surface area contributed by atoms with Gasteiger partial charge in [0.2, 0.25) is 10.0 Å². The van der Waals surface area contributed by atoms with Crippen molar-refractivity contribution in [3.63, 3.8) is 0 Å². The number of hydrogen-bond acceptors (Lipinski definition) is 5. The quantitative estimate of drug-likeness (QED) is 0.607. The predicted molar refractivity (Wildman–Crippen MR) is 89.1 cm³/mol. The molecule has 0 radical (unpaired) electrons. The molecule has 1 atom stereocenters. The van der Waals surface area contributed by atoms with Crippen LogP contribution in [-0.4, -0.2) is 26.0 Å². The van der Waals surface area contributed by atoms with Crippen molar-refractivity contribution >= 4 is 16.0 Å². The van der Waals surface area contributed by atoms with Crippen LogP contribution in [0.2, 0.25) is 0 Å². The summed E-state index contributed by atoms with van der Waals surface area (Å²) in [6.07, 6.45) is 0. The van der Waals surface area contributed by atoms with Gasteiger partial charge in [-0.15, -0.1) is 0 Å². The standard InChI is InChI=1S/C16H24N2O4S/c1-11(2)14(15(19)22-16(3,4)5)18-23(20,21)13-8-6-12(10-17)7-9-13/h6-9,14,18H,1,10,17H2,2-5H3/t14-/m1/s1. The number of rotatable bonds is 6. The highest BCUT2D eigenvalue weighted by atomic mass is 32.2. The minimum absolute atomic E-state index is 0.0458. The van der Waals surface area contributed by atoms with Gasteiger partial charge in [-0.2, -0.15) is 4.72 Å². The maximum absolute atomic E-state index is 12.4. The zero-order valence-corrected chi connectivity index (χ0v) is 14.7. The smallest absolute Gasteiger partial charge is 0.328 e. The molecule has 0 heterocycles. The Labute approximate surface area is 137 Å². The van der Waals surface area contributed by atoms with Gasteiger partial charge in [0.15, 0.2) is 0 Å². The van der Waals surface area contributed by atoms with Crippen molar-refractivity contribution in [2.75, 3.05) is 0 Å². The fourth-order valence-corrected chi connectivity index (χ4v) is 2.98. The first-order chi connectivity index (χ1) is 10.5. The highest BCUT2D eigenvalue weighted by molar-refractivity contribution is 7.89. The molecule has 0 amide bonds. The molecule has 0 saturated carbocycles. The summed E-state index contributed by atoms with van der Waals surface area (Å²) in [5, 5.41) is 0. The van der Waals surface area contributed by atoms with Crippen LogP contribution < -0.4 is 10.5 Å². The molecule has 1 rings (SSSR count). The molecule has 0 bridgehead atoms. The molecule has 23 heavy (non-hydrogen) atoms. The Morgan fingerprint density at radius 2 is 1.83 bits per heavy atom. The van der Waals surface area contributed by atoms with Crippen molar-refractivity contribution in [2.45, 2.75) is 50.8 Å². The van der Waals surface area contributed by atoms with Gasteiger partial charge in [-0.25, -0.2) is 13.2 Å². The minimum atomic E-state index is -3.88. The minimum Gasteiger partial charge on any atom is -0.459 e. The van der Waals surface area contributed by atoms with Gasteiger partial charge in [0.05, 0.1) is 4.90 Å². The van der Waals surface area contributed by atoms with Gasteiger partial charge in [0, 0.05) is 6.54 Å². The summed E-state index contributed by atoms with van der Waals surface area (Å²) in [5.74, 6) is -0.688. The molecule has 1 aromatic carbocycles. The van der Waals surface area contributed by atoms with Crippen LogP contribution in [0.25, 0.3) is 0 Å². The number of carbonyl (C=O) groups is 1. The maximum atomic E-state index is 12.4. The van der Waals surface area contributed by atoms with Crippen LogP contribution in [-0.2, 0) is 26.1 Å². The number of ether oxygens (including phenoxy) is 1. The number of benzene rings is 1. The number of carbonyl (C=O) groups excluding carboxylic acids is 1. The van der Waals surface area contributed by atoms with Crippen molar-refractivity contribution in [2.24, 2.45) is 5.73 Å². The van der Waals surface area contributed by atoms with E-state index in [1.807, 2.05) is 0 Å². The number of sulfonamides is 1. The Morgan fingerprint density at radius 3 is 2.22 bits per heavy atom. The zero-order chi connectivity index (χ0) is 17.8. The molecular formula is C16H24N2O4S. The second-order valence-corrected chi connectivity index (χ2v) is 8.00. The van der Waals surface area contributed by atoms with Crippen LogP contribution in [0.15, 0.2) is 41.3 Å². The third kappa shape index (κ3) is 5.78. The summed E-state index contributed by atoms with van der Waals surface area (Å²) in [4.78, 5) is 12.2. The molecular weight excluding hydrogens is 316 g/mol. The topological polar surface area (TPSA) is 98.5 Å². The van der Waals surface area contributed by atoms with E-state index in [0.29, 0.717) is 12.1 Å². The van der Waals surface area contributed by atoms with Crippen LogP contribution in [0, 0.1) is 0 Å². The van der Waals surface area contributed by atoms with Crippen LogP contribution >= 0.6 is 0 Å². The van der Waals surface area contributed by atoms with E-state index in [2.05, 4.69) is 11.3 Å². The highest BCUT2D eigenvalue weighted by Crippen LogP contribution is 2.15. The molecule has 1 aromatic rings. The Morgan fingerprint density at radius 1 is 1.30 bits per heavy atom. The van der Waals surface area contributed by atoms with Gasteiger partial charge in [0.1, 0.15) is 11.6 Å². The lowest BCUT2D eigenvalue weighted by Crippen LogP contribution is -2.44. The van der Waals surface area contributed by atoms with E-state index in [-0.39, 0.29) is 4.90 Å². The highest BCUT2D eigenvalue weighted by Gasteiger charge is 2.30. The third-order valence-electron chi connectivity index (χ3n) is 2.88. The second kappa shape index (κ2) is 7.25. The summed E-state index contributed by atoms with van der Waals surface area (Å²) in [5.41, 5.74) is 5.93. The van der Waals surface area contributed by atoms with E-state index in [0.717, 1.165) is 5.56 Å². The van der Waals surface area contributed by atoms with Crippen LogP contribution in [0.3, 0.4) is 0 Å². The predicted octanol–water partition coefficient (Wildman–Crippen LogP) is 1.71. The van der Waals surface area contributed by atoms with Gasteiger partial charge >= 0.3 is 5.97 Å². The number of esters is 1. The summed E-state index contributed by atoms with van der Waals surface area (Å²) >= 11 is 0. The molecule has 7 heteroatoms.